The second-order valence-corrected chi connectivity index (χ2v) is 5.77. The minimum Gasteiger partial charge on any atom is -0.479 e. The van der Waals surface area contributed by atoms with Crippen molar-refractivity contribution in [3.05, 3.63) is 28.2 Å². The summed E-state index contributed by atoms with van der Waals surface area (Å²) < 4.78 is 5.64. The van der Waals surface area contributed by atoms with Crippen molar-refractivity contribution in [1.29, 1.82) is 0 Å². The van der Waals surface area contributed by atoms with Gasteiger partial charge in [0.05, 0.1) is 5.02 Å². The van der Waals surface area contributed by atoms with Crippen molar-refractivity contribution in [3.8, 4) is 5.75 Å². The van der Waals surface area contributed by atoms with Crippen molar-refractivity contribution in [2.45, 2.75) is 25.5 Å². The Morgan fingerprint density at radius 3 is 2.85 bits per heavy atom. The minimum absolute atomic E-state index is 0.0512. The molecule has 0 aromatic heterocycles. The summed E-state index contributed by atoms with van der Waals surface area (Å²) in [5.41, 5.74) is 0. The molecule has 0 aliphatic carbocycles. The van der Waals surface area contributed by atoms with Crippen molar-refractivity contribution in [3.63, 3.8) is 0 Å². The number of ether oxygens (including phenoxy) is 1. The predicted octanol–water partition coefficient (Wildman–Crippen LogP) is 2.58. The number of nitrogens with zero attached hydrogens (tertiary/aromatic N) is 1. The Hall–Kier alpha value is -0.970. The Morgan fingerprint density at radius 1 is 1.50 bits per heavy atom. The second kappa shape index (κ2) is 6.66. The number of likely N-dealkylation sites (N-methyl/N-ethyl adjacent to an activating group) is 1. The fourth-order valence-corrected chi connectivity index (χ4v) is 2.70. The number of halogens is 2. The van der Waals surface area contributed by atoms with Gasteiger partial charge in [-0.25, -0.2) is 0 Å². The zero-order chi connectivity index (χ0) is 14.7. The van der Waals surface area contributed by atoms with Gasteiger partial charge in [0, 0.05) is 24.7 Å². The van der Waals surface area contributed by atoms with Crippen molar-refractivity contribution >= 4 is 29.1 Å². The third kappa shape index (κ3) is 3.57. The topological polar surface area (TPSA) is 41.6 Å². The van der Waals surface area contributed by atoms with Crippen LogP contribution in [0.25, 0.3) is 0 Å². The van der Waals surface area contributed by atoms with E-state index in [1.54, 1.807) is 30.0 Å². The lowest BCUT2D eigenvalue weighted by Crippen LogP contribution is -2.44. The monoisotopic (exact) mass is 316 g/mol. The molecule has 1 N–H and O–H groups in total. The quantitative estimate of drug-likeness (QED) is 0.928. The third-order valence-corrected chi connectivity index (χ3v) is 4.01. The molecule has 20 heavy (non-hydrogen) atoms. The molecule has 2 atom stereocenters. The molecule has 1 aromatic carbocycles. The molecule has 4 nitrogen and oxygen atoms in total. The summed E-state index contributed by atoms with van der Waals surface area (Å²) in [5.74, 6) is 0.416. The normalized spacial score (nSPS) is 19.7. The largest absolute Gasteiger partial charge is 0.479 e. The van der Waals surface area contributed by atoms with Gasteiger partial charge in [0.15, 0.2) is 6.10 Å². The Morgan fingerprint density at radius 2 is 2.25 bits per heavy atom. The van der Waals surface area contributed by atoms with Crippen LogP contribution < -0.4 is 10.1 Å². The second-order valence-electron chi connectivity index (χ2n) is 4.93. The Kier molecular flexibility index (Phi) is 5.13. The highest BCUT2D eigenvalue weighted by Gasteiger charge is 2.27. The van der Waals surface area contributed by atoms with Crippen LogP contribution in [0.3, 0.4) is 0 Å². The lowest BCUT2D eigenvalue weighted by Gasteiger charge is -2.27. The molecule has 0 bridgehead atoms. The van der Waals surface area contributed by atoms with E-state index in [9.17, 15) is 4.79 Å². The summed E-state index contributed by atoms with van der Waals surface area (Å²) >= 11 is 11.9. The number of benzene rings is 1. The molecule has 110 valence electrons. The Labute approximate surface area is 129 Å². The summed E-state index contributed by atoms with van der Waals surface area (Å²) in [5, 5.41) is 4.18. The Balaban J connectivity index is 1.99. The molecule has 1 aliphatic heterocycles. The van der Waals surface area contributed by atoms with Crippen molar-refractivity contribution < 1.29 is 9.53 Å². The lowest BCUT2D eigenvalue weighted by atomic mass is 10.2. The van der Waals surface area contributed by atoms with Gasteiger partial charge in [0.1, 0.15) is 5.75 Å². The summed E-state index contributed by atoms with van der Waals surface area (Å²) in [4.78, 5) is 14.1. The van der Waals surface area contributed by atoms with Gasteiger partial charge in [-0.2, -0.15) is 0 Å². The molecule has 1 fully saturated rings. The number of carbonyl (C=O) groups is 1. The van der Waals surface area contributed by atoms with Crippen LogP contribution in [-0.4, -0.2) is 43.1 Å². The van der Waals surface area contributed by atoms with E-state index in [-0.39, 0.29) is 11.9 Å². The van der Waals surface area contributed by atoms with Crippen LogP contribution in [0, 0.1) is 0 Å². The zero-order valence-corrected chi connectivity index (χ0v) is 13.0. The van der Waals surface area contributed by atoms with E-state index in [1.807, 2.05) is 7.05 Å². The molecule has 1 aliphatic rings. The standard InChI is InChI=1S/C14H18Cl2N2O2/c1-9(14(19)18(2)11-5-6-17-8-11)20-13-4-3-10(15)7-12(13)16/h3-4,7,9,11,17H,5-6,8H2,1-2H3. The first kappa shape index (κ1) is 15.4. The highest BCUT2D eigenvalue weighted by Crippen LogP contribution is 2.28. The number of amides is 1. The molecular formula is C14H18Cl2N2O2. The molecule has 1 saturated heterocycles. The summed E-state index contributed by atoms with van der Waals surface area (Å²) in [6.45, 7) is 3.50. The van der Waals surface area contributed by atoms with Gasteiger partial charge < -0.3 is 15.0 Å². The average molecular weight is 317 g/mol. The molecule has 2 rings (SSSR count). The molecule has 0 saturated carbocycles. The fourth-order valence-electron chi connectivity index (χ4n) is 2.25. The average Bonchev–Trinajstić information content (AvgIpc) is 2.94. The van der Waals surface area contributed by atoms with E-state index < -0.39 is 6.10 Å². The Bertz CT molecular complexity index is 490. The third-order valence-electron chi connectivity index (χ3n) is 3.48. The van der Waals surface area contributed by atoms with E-state index >= 15 is 0 Å². The van der Waals surface area contributed by atoms with E-state index in [2.05, 4.69) is 5.32 Å². The van der Waals surface area contributed by atoms with Crippen LogP contribution >= 0.6 is 23.2 Å². The van der Waals surface area contributed by atoms with Gasteiger partial charge >= 0.3 is 0 Å². The van der Waals surface area contributed by atoms with E-state index in [1.165, 1.54) is 0 Å². The van der Waals surface area contributed by atoms with Gasteiger partial charge in [-0.3, -0.25) is 4.79 Å². The molecule has 1 heterocycles. The van der Waals surface area contributed by atoms with E-state index in [4.69, 9.17) is 27.9 Å². The molecule has 1 aromatic rings. The van der Waals surface area contributed by atoms with Crippen LogP contribution in [-0.2, 0) is 4.79 Å². The summed E-state index contributed by atoms with van der Waals surface area (Å²) in [7, 11) is 1.81. The minimum atomic E-state index is -0.584. The van der Waals surface area contributed by atoms with E-state index in [0.717, 1.165) is 19.5 Å². The molecule has 0 spiro atoms. The van der Waals surface area contributed by atoms with Gasteiger partial charge in [-0.15, -0.1) is 0 Å². The van der Waals surface area contributed by atoms with Crippen LogP contribution in [0.15, 0.2) is 18.2 Å². The molecule has 1 amide bonds. The van der Waals surface area contributed by atoms with Gasteiger partial charge in [-0.1, -0.05) is 23.2 Å². The summed E-state index contributed by atoms with van der Waals surface area (Å²) in [6, 6.07) is 5.19. The number of rotatable bonds is 4. The van der Waals surface area contributed by atoms with Crippen LogP contribution in [0.4, 0.5) is 0 Å². The first-order chi connectivity index (χ1) is 9.49. The molecule has 6 heteroatoms. The molecule has 0 radical (unpaired) electrons. The highest BCUT2D eigenvalue weighted by molar-refractivity contribution is 6.35. The lowest BCUT2D eigenvalue weighted by molar-refractivity contribution is -0.138. The summed E-state index contributed by atoms with van der Waals surface area (Å²) in [6.07, 6.45) is 0.385. The number of nitrogens with one attached hydrogen (secondary N) is 1. The predicted molar refractivity (Wildman–Crippen MR) is 80.6 cm³/mol. The van der Waals surface area contributed by atoms with Crippen molar-refractivity contribution in [1.82, 2.24) is 10.2 Å². The van der Waals surface area contributed by atoms with Crippen molar-refractivity contribution in [2.75, 3.05) is 20.1 Å². The number of hydrogen-bond donors (Lipinski definition) is 1. The first-order valence-corrected chi connectivity index (χ1v) is 7.33. The van der Waals surface area contributed by atoms with Gasteiger partial charge in [0.25, 0.3) is 5.91 Å². The molecular weight excluding hydrogens is 299 g/mol. The van der Waals surface area contributed by atoms with E-state index in [0.29, 0.717) is 15.8 Å². The fraction of sp³-hybridized carbons (Fsp3) is 0.500. The van der Waals surface area contributed by atoms with Crippen molar-refractivity contribution in [2.24, 2.45) is 0 Å². The number of hydrogen-bond acceptors (Lipinski definition) is 3. The maximum absolute atomic E-state index is 12.3. The SMILES string of the molecule is CC(Oc1ccc(Cl)cc1Cl)C(=O)N(C)C1CCNC1. The zero-order valence-electron chi connectivity index (χ0n) is 11.5. The smallest absolute Gasteiger partial charge is 0.263 e. The van der Waals surface area contributed by atoms with Gasteiger partial charge in [-0.05, 0) is 38.1 Å². The molecule has 2 unspecified atom stereocenters. The maximum Gasteiger partial charge on any atom is 0.263 e. The van der Waals surface area contributed by atoms with Crippen LogP contribution in [0.5, 0.6) is 5.75 Å². The highest BCUT2D eigenvalue weighted by atomic mass is 35.5. The number of carbonyl (C=O) groups excluding carboxylic acids is 1. The maximum atomic E-state index is 12.3. The van der Waals surface area contributed by atoms with Crippen LogP contribution in [0.1, 0.15) is 13.3 Å². The van der Waals surface area contributed by atoms with Crippen LogP contribution in [0.2, 0.25) is 10.0 Å². The first-order valence-electron chi connectivity index (χ1n) is 6.58. The van der Waals surface area contributed by atoms with Gasteiger partial charge in [0.2, 0.25) is 0 Å².